The van der Waals surface area contributed by atoms with Crippen LogP contribution in [0.3, 0.4) is 0 Å². The van der Waals surface area contributed by atoms with E-state index in [1.54, 1.807) is 4.90 Å². The number of piperidine rings is 1. The number of carbonyl (C=O) groups is 2. The van der Waals surface area contributed by atoms with Crippen molar-refractivity contribution < 1.29 is 9.59 Å². The summed E-state index contributed by atoms with van der Waals surface area (Å²) in [5, 5.41) is 11.3. The molecule has 128 valence electrons. The average Bonchev–Trinajstić information content (AvgIpc) is 3.40. The van der Waals surface area contributed by atoms with Gasteiger partial charge in [0.25, 0.3) is 0 Å². The summed E-state index contributed by atoms with van der Waals surface area (Å²) < 4.78 is 0.998. The van der Waals surface area contributed by atoms with Crippen molar-refractivity contribution in [2.45, 2.75) is 38.0 Å². The van der Waals surface area contributed by atoms with Crippen molar-refractivity contribution in [2.24, 2.45) is 5.92 Å². The summed E-state index contributed by atoms with van der Waals surface area (Å²) >= 11 is 3.44. The SMILES string of the molecule is CC(C(=N)NC(=O)N1CCC(=O)CC1)(c1ccc(Br)cc1)C1CC1. The lowest BCUT2D eigenvalue weighted by molar-refractivity contribution is -0.120. The van der Waals surface area contributed by atoms with Gasteiger partial charge in [-0.05, 0) is 43.4 Å². The highest BCUT2D eigenvalue weighted by Gasteiger charge is 2.46. The highest BCUT2D eigenvalue weighted by atomic mass is 79.9. The number of ketones is 1. The van der Waals surface area contributed by atoms with Gasteiger partial charge >= 0.3 is 6.03 Å². The Bertz CT molecular complexity index is 659. The molecule has 1 saturated carbocycles. The Kier molecular flexibility index (Phi) is 4.76. The fourth-order valence-corrected chi connectivity index (χ4v) is 3.58. The van der Waals surface area contributed by atoms with Gasteiger partial charge in [0, 0.05) is 30.4 Å². The Morgan fingerprint density at radius 1 is 1.25 bits per heavy atom. The predicted octanol–water partition coefficient (Wildman–Crippen LogP) is 3.47. The van der Waals surface area contributed by atoms with Gasteiger partial charge in [0.2, 0.25) is 0 Å². The largest absolute Gasteiger partial charge is 0.324 e. The summed E-state index contributed by atoms with van der Waals surface area (Å²) in [5.74, 6) is 0.829. The number of hydrogen-bond donors (Lipinski definition) is 2. The molecule has 24 heavy (non-hydrogen) atoms. The van der Waals surface area contributed by atoms with Crippen LogP contribution in [0, 0.1) is 11.3 Å². The zero-order chi connectivity index (χ0) is 17.3. The lowest BCUT2D eigenvalue weighted by atomic mass is 9.76. The van der Waals surface area contributed by atoms with Gasteiger partial charge < -0.3 is 4.90 Å². The second-order valence-electron chi connectivity index (χ2n) is 6.81. The third-order valence-electron chi connectivity index (χ3n) is 5.20. The molecule has 0 bridgehead atoms. The molecule has 1 aromatic carbocycles. The van der Waals surface area contributed by atoms with Gasteiger partial charge in [0.05, 0.1) is 5.41 Å². The lowest BCUT2D eigenvalue weighted by Gasteiger charge is -2.33. The first-order valence-corrected chi connectivity index (χ1v) is 9.13. The van der Waals surface area contributed by atoms with Crippen LogP contribution in [0.25, 0.3) is 0 Å². The fourth-order valence-electron chi connectivity index (χ4n) is 3.32. The zero-order valence-corrected chi connectivity index (χ0v) is 15.4. The van der Waals surface area contributed by atoms with Crippen molar-refractivity contribution in [1.82, 2.24) is 10.2 Å². The molecule has 1 unspecified atom stereocenters. The van der Waals surface area contributed by atoms with E-state index in [0.717, 1.165) is 22.9 Å². The number of carbonyl (C=O) groups excluding carboxylic acids is 2. The maximum absolute atomic E-state index is 12.4. The Hall–Kier alpha value is -1.69. The number of amidine groups is 1. The number of nitrogens with zero attached hydrogens (tertiary/aromatic N) is 1. The van der Waals surface area contributed by atoms with E-state index in [4.69, 9.17) is 5.41 Å². The summed E-state index contributed by atoms with van der Waals surface area (Å²) in [6.45, 7) is 2.92. The molecule has 6 heteroatoms. The van der Waals surface area contributed by atoms with Gasteiger partial charge in [-0.15, -0.1) is 0 Å². The van der Waals surface area contributed by atoms with Crippen LogP contribution in [0.15, 0.2) is 28.7 Å². The van der Waals surface area contributed by atoms with Crippen LogP contribution < -0.4 is 5.32 Å². The first-order chi connectivity index (χ1) is 11.4. The predicted molar refractivity (Wildman–Crippen MR) is 96.3 cm³/mol. The molecule has 2 aliphatic rings. The van der Waals surface area contributed by atoms with Crippen molar-refractivity contribution in [3.05, 3.63) is 34.3 Å². The molecule has 1 atom stereocenters. The number of urea groups is 1. The van der Waals surface area contributed by atoms with Crippen LogP contribution in [0.2, 0.25) is 0 Å². The van der Waals surface area contributed by atoms with Crippen LogP contribution in [0.1, 0.15) is 38.2 Å². The minimum Gasteiger partial charge on any atom is -0.324 e. The summed E-state index contributed by atoms with van der Waals surface area (Å²) in [4.78, 5) is 25.4. The molecule has 0 aromatic heterocycles. The van der Waals surface area contributed by atoms with Crippen LogP contribution >= 0.6 is 15.9 Å². The van der Waals surface area contributed by atoms with Gasteiger partial charge in [0.1, 0.15) is 11.6 Å². The third-order valence-corrected chi connectivity index (χ3v) is 5.73. The van der Waals surface area contributed by atoms with Gasteiger partial charge in [0.15, 0.2) is 0 Å². The van der Waals surface area contributed by atoms with Crippen molar-refractivity contribution in [2.75, 3.05) is 13.1 Å². The zero-order valence-electron chi connectivity index (χ0n) is 13.8. The number of benzene rings is 1. The molecule has 1 aromatic rings. The Morgan fingerprint density at radius 3 is 2.38 bits per heavy atom. The number of likely N-dealkylation sites (tertiary alicyclic amines) is 1. The molecule has 1 aliphatic carbocycles. The number of rotatable bonds is 3. The summed E-state index contributed by atoms with van der Waals surface area (Å²) in [6.07, 6.45) is 2.97. The molecular formula is C18H22BrN3O2. The lowest BCUT2D eigenvalue weighted by Crippen LogP contribution is -2.52. The minimum absolute atomic E-state index is 0.201. The van der Waals surface area contributed by atoms with Crippen molar-refractivity contribution >= 4 is 33.6 Å². The van der Waals surface area contributed by atoms with E-state index in [1.807, 2.05) is 31.2 Å². The molecular weight excluding hydrogens is 370 g/mol. The maximum atomic E-state index is 12.4. The monoisotopic (exact) mass is 391 g/mol. The van der Waals surface area contributed by atoms with Crippen molar-refractivity contribution in [3.8, 4) is 0 Å². The van der Waals surface area contributed by atoms with Gasteiger partial charge in [-0.1, -0.05) is 28.1 Å². The van der Waals surface area contributed by atoms with Gasteiger partial charge in [-0.2, -0.15) is 0 Å². The van der Waals surface area contributed by atoms with Crippen molar-refractivity contribution in [1.29, 1.82) is 5.41 Å². The van der Waals surface area contributed by atoms with E-state index in [9.17, 15) is 9.59 Å². The quantitative estimate of drug-likeness (QED) is 0.611. The highest BCUT2D eigenvalue weighted by Crippen LogP contribution is 2.47. The Balaban J connectivity index is 1.74. The standard InChI is InChI=1S/C18H22BrN3O2/c1-18(12-2-3-12,13-4-6-14(19)7-5-13)16(20)21-17(24)22-10-8-15(23)9-11-22/h4-7,12H,2-3,8-11H2,1H3,(H2,20,21,24). The third kappa shape index (κ3) is 3.38. The van der Waals surface area contributed by atoms with Crippen LogP contribution in [0.4, 0.5) is 4.79 Å². The number of Topliss-reactive ketones (excluding diaryl/α,β-unsaturated/α-hetero) is 1. The summed E-state index contributed by atoms with van der Waals surface area (Å²) in [7, 11) is 0. The normalized spacial score (nSPS) is 20.4. The van der Waals surface area contributed by atoms with E-state index in [-0.39, 0.29) is 17.6 Å². The number of halogens is 1. The van der Waals surface area contributed by atoms with E-state index in [2.05, 4.69) is 21.2 Å². The van der Waals surface area contributed by atoms with Gasteiger partial charge in [-0.3, -0.25) is 15.5 Å². The van der Waals surface area contributed by atoms with E-state index < -0.39 is 5.41 Å². The first-order valence-electron chi connectivity index (χ1n) is 8.34. The molecule has 2 fully saturated rings. The second kappa shape index (κ2) is 6.67. The molecule has 5 nitrogen and oxygen atoms in total. The topological polar surface area (TPSA) is 73.3 Å². The summed E-state index contributed by atoms with van der Waals surface area (Å²) in [5.41, 5.74) is 0.564. The van der Waals surface area contributed by atoms with E-state index in [0.29, 0.717) is 31.8 Å². The van der Waals surface area contributed by atoms with Crippen LogP contribution in [-0.4, -0.2) is 35.6 Å². The molecule has 0 radical (unpaired) electrons. The molecule has 1 saturated heterocycles. The smallest absolute Gasteiger partial charge is 0.322 e. The van der Waals surface area contributed by atoms with Crippen LogP contribution in [-0.2, 0) is 10.2 Å². The highest BCUT2D eigenvalue weighted by molar-refractivity contribution is 9.10. The molecule has 0 spiro atoms. The van der Waals surface area contributed by atoms with Crippen molar-refractivity contribution in [3.63, 3.8) is 0 Å². The van der Waals surface area contributed by atoms with E-state index >= 15 is 0 Å². The Labute approximate surface area is 150 Å². The molecule has 3 rings (SSSR count). The van der Waals surface area contributed by atoms with E-state index in [1.165, 1.54) is 0 Å². The number of amides is 2. The Morgan fingerprint density at radius 2 is 1.83 bits per heavy atom. The first kappa shape index (κ1) is 17.1. The average molecular weight is 392 g/mol. The number of nitrogens with one attached hydrogen (secondary N) is 2. The van der Waals surface area contributed by atoms with Crippen LogP contribution in [0.5, 0.6) is 0 Å². The molecule has 2 N–H and O–H groups in total. The molecule has 2 amide bonds. The minimum atomic E-state index is -0.484. The molecule has 1 heterocycles. The summed E-state index contributed by atoms with van der Waals surface area (Å²) in [6, 6.07) is 7.71. The maximum Gasteiger partial charge on any atom is 0.322 e. The fraction of sp³-hybridized carbons (Fsp3) is 0.500. The van der Waals surface area contributed by atoms with Gasteiger partial charge in [-0.25, -0.2) is 4.79 Å². The second-order valence-corrected chi connectivity index (χ2v) is 7.73. The number of hydrogen-bond acceptors (Lipinski definition) is 3. The molecule has 1 aliphatic heterocycles.